The first kappa shape index (κ1) is 10.4. The molecule has 0 aliphatic heterocycles. The summed E-state index contributed by atoms with van der Waals surface area (Å²) >= 11 is 0. The lowest BCUT2D eigenvalue weighted by Gasteiger charge is -2.09. The van der Waals surface area contributed by atoms with Crippen LogP contribution in [0.3, 0.4) is 0 Å². The molecule has 0 heterocycles. The molecular formula is C12H13NO. The van der Waals surface area contributed by atoms with Crippen molar-refractivity contribution in [3.05, 3.63) is 36.4 Å². The van der Waals surface area contributed by atoms with Gasteiger partial charge in [-0.15, -0.1) is 0 Å². The van der Waals surface area contributed by atoms with Gasteiger partial charge in [-0.1, -0.05) is 32.6 Å². The first-order valence-electron chi connectivity index (χ1n) is 4.52. The fourth-order valence-electron chi connectivity index (χ4n) is 1.16. The van der Waals surface area contributed by atoms with Gasteiger partial charge in [0.15, 0.2) is 0 Å². The zero-order valence-corrected chi connectivity index (χ0v) is 8.45. The molecule has 1 aromatic carbocycles. The minimum Gasteiger partial charge on any atom is -0.211 e. The number of hydrogen-bond donors (Lipinski definition) is 0. The highest BCUT2D eigenvalue weighted by molar-refractivity contribution is 5.68. The van der Waals surface area contributed by atoms with Crippen LogP contribution in [0.5, 0.6) is 0 Å². The van der Waals surface area contributed by atoms with E-state index >= 15 is 0 Å². The zero-order chi connectivity index (χ0) is 10.6. The van der Waals surface area contributed by atoms with Gasteiger partial charge in [-0.3, -0.25) is 0 Å². The third-order valence-corrected chi connectivity index (χ3v) is 2.09. The number of aliphatic imine (C=N–C) groups is 1. The van der Waals surface area contributed by atoms with Gasteiger partial charge in [-0.2, -0.15) is 4.99 Å². The minimum atomic E-state index is 0.394. The molecule has 1 rings (SSSR count). The van der Waals surface area contributed by atoms with Crippen LogP contribution in [0.1, 0.15) is 19.4 Å². The van der Waals surface area contributed by atoms with Crippen LogP contribution in [0, 0.1) is 5.92 Å². The Bertz CT molecular complexity index is 387. The smallest absolute Gasteiger partial charge is 0.211 e. The number of hydrogen-bond acceptors (Lipinski definition) is 2. The van der Waals surface area contributed by atoms with E-state index in [4.69, 9.17) is 0 Å². The second kappa shape index (κ2) is 4.54. The number of carbonyl (C=O) groups excluding carboxylic acids is 1. The highest BCUT2D eigenvalue weighted by Crippen LogP contribution is 2.24. The van der Waals surface area contributed by atoms with Crippen molar-refractivity contribution in [3.8, 4) is 0 Å². The summed E-state index contributed by atoms with van der Waals surface area (Å²) in [6.07, 6.45) is 1.52. The first-order valence-corrected chi connectivity index (χ1v) is 4.52. The monoisotopic (exact) mass is 187 g/mol. The van der Waals surface area contributed by atoms with Crippen LogP contribution in [0.4, 0.5) is 5.69 Å². The number of nitrogens with zero attached hydrogens (tertiary/aromatic N) is 1. The van der Waals surface area contributed by atoms with E-state index in [1.807, 2.05) is 18.2 Å². The summed E-state index contributed by atoms with van der Waals surface area (Å²) in [5.74, 6) is 0.394. The summed E-state index contributed by atoms with van der Waals surface area (Å²) < 4.78 is 0. The molecule has 0 aliphatic rings. The number of rotatable bonds is 3. The van der Waals surface area contributed by atoms with Gasteiger partial charge in [0.1, 0.15) is 0 Å². The van der Waals surface area contributed by atoms with Crippen LogP contribution in [-0.4, -0.2) is 6.08 Å². The average molecular weight is 187 g/mol. The van der Waals surface area contributed by atoms with Crippen LogP contribution < -0.4 is 0 Å². The lowest BCUT2D eigenvalue weighted by Crippen LogP contribution is -1.90. The van der Waals surface area contributed by atoms with Gasteiger partial charge < -0.3 is 0 Å². The third kappa shape index (κ3) is 2.41. The molecule has 0 amide bonds. The normalized spacial score (nSPS) is 9.64. The SMILES string of the molecule is C=C(c1cccc(N=C=O)c1)C(C)C. The van der Waals surface area contributed by atoms with E-state index in [0.29, 0.717) is 11.6 Å². The summed E-state index contributed by atoms with van der Waals surface area (Å²) in [7, 11) is 0. The number of benzene rings is 1. The van der Waals surface area contributed by atoms with Crippen molar-refractivity contribution in [2.75, 3.05) is 0 Å². The van der Waals surface area contributed by atoms with Gasteiger partial charge in [0.2, 0.25) is 6.08 Å². The van der Waals surface area contributed by atoms with E-state index < -0.39 is 0 Å². The summed E-state index contributed by atoms with van der Waals surface area (Å²) in [5.41, 5.74) is 2.70. The molecule has 0 aliphatic carbocycles. The predicted molar refractivity (Wildman–Crippen MR) is 58.1 cm³/mol. The van der Waals surface area contributed by atoms with Gasteiger partial charge in [-0.25, -0.2) is 4.79 Å². The van der Waals surface area contributed by atoms with Gasteiger partial charge in [0.25, 0.3) is 0 Å². The first-order chi connectivity index (χ1) is 6.65. The van der Waals surface area contributed by atoms with Crippen molar-refractivity contribution in [3.63, 3.8) is 0 Å². The van der Waals surface area contributed by atoms with Crippen LogP contribution >= 0.6 is 0 Å². The fourth-order valence-corrected chi connectivity index (χ4v) is 1.16. The second-order valence-corrected chi connectivity index (χ2v) is 3.43. The van der Waals surface area contributed by atoms with Crippen LogP contribution in [0.25, 0.3) is 5.57 Å². The minimum absolute atomic E-state index is 0.394. The van der Waals surface area contributed by atoms with E-state index in [9.17, 15) is 4.79 Å². The molecule has 0 aromatic heterocycles. The Morgan fingerprint density at radius 3 is 2.79 bits per heavy atom. The van der Waals surface area contributed by atoms with Crippen molar-refractivity contribution in [2.45, 2.75) is 13.8 Å². The fraction of sp³-hybridized carbons (Fsp3) is 0.250. The van der Waals surface area contributed by atoms with E-state index in [1.54, 1.807) is 6.07 Å². The lowest BCUT2D eigenvalue weighted by molar-refractivity contribution is 0.565. The van der Waals surface area contributed by atoms with Gasteiger partial charge in [0, 0.05) is 0 Å². The maximum Gasteiger partial charge on any atom is 0.240 e. The van der Waals surface area contributed by atoms with E-state index in [-0.39, 0.29) is 0 Å². The molecule has 2 nitrogen and oxygen atoms in total. The van der Waals surface area contributed by atoms with E-state index in [0.717, 1.165) is 11.1 Å². The molecule has 0 saturated heterocycles. The molecule has 14 heavy (non-hydrogen) atoms. The Hall–Kier alpha value is -1.66. The maximum atomic E-state index is 10.1. The van der Waals surface area contributed by atoms with Crippen molar-refractivity contribution >= 4 is 17.3 Å². The molecule has 0 radical (unpaired) electrons. The largest absolute Gasteiger partial charge is 0.240 e. The van der Waals surface area contributed by atoms with Gasteiger partial charge >= 0.3 is 0 Å². The maximum absolute atomic E-state index is 10.1. The van der Waals surface area contributed by atoms with Crippen LogP contribution in [0.2, 0.25) is 0 Å². The Balaban J connectivity index is 3.05. The van der Waals surface area contributed by atoms with Crippen LogP contribution in [-0.2, 0) is 4.79 Å². The van der Waals surface area contributed by atoms with Crippen LogP contribution in [0.15, 0.2) is 35.8 Å². The molecule has 2 heteroatoms. The molecule has 0 atom stereocenters. The topological polar surface area (TPSA) is 29.4 Å². The lowest BCUT2D eigenvalue weighted by atomic mass is 9.97. The second-order valence-electron chi connectivity index (χ2n) is 3.43. The van der Waals surface area contributed by atoms with Crippen molar-refractivity contribution in [1.29, 1.82) is 0 Å². The Morgan fingerprint density at radius 1 is 1.50 bits per heavy atom. The number of isocyanates is 1. The number of allylic oxidation sites excluding steroid dienone is 1. The summed E-state index contributed by atoms with van der Waals surface area (Å²) in [4.78, 5) is 13.6. The molecule has 0 spiro atoms. The highest BCUT2D eigenvalue weighted by Gasteiger charge is 2.03. The van der Waals surface area contributed by atoms with Crippen molar-refractivity contribution < 1.29 is 4.79 Å². The van der Waals surface area contributed by atoms with E-state index in [1.165, 1.54) is 6.08 Å². The average Bonchev–Trinajstić information content (AvgIpc) is 2.17. The van der Waals surface area contributed by atoms with Gasteiger partial charge in [-0.05, 0) is 29.2 Å². The van der Waals surface area contributed by atoms with E-state index in [2.05, 4.69) is 25.4 Å². The molecule has 0 saturated carbocycles. The molecule has 72 valence electrons. The van der Waals surface area contributed by atoms with Crippen molar-refractivity contribution in [1.82, 2.24) is 0 Å². The third-order valence-electron chi connectivity index (χ3n) is 2.09. The summed E-state index contributed by atoms with van der Waals surface area (Å²) in [5, 5.41) is 0. The molecule has 1 aromatic rings. The Kier molecular flexibility index (Phi) is 3.38. The van der Waals surface area contributed by atoms with Crippen molar-refractivity contribution in [2.24, 2.45) is 10.9 Å². The molecule has 0 bridgehead atoms. The Morgan fingerprint density at radius 2 is 2.21 bits per heavy atom. The molecule has 0 fully saturated rings. The molecule has 0 N–H and O–H groups in total. The quantitative estimate of drug-likeness (QED) is 0.527. The standard InChI is InChI=1S/C12H13NO/c1-9(2)10(3)11-5-4-6-12(7-11)13-8-14/h4-7,9H,3H2,1-2H3. The van der Waals surface area contributed by atoms with Gasteiger partial charge in [0.05, 0.1) is 5.69 Å². The zero-order valence-electron chi connectivity index (χ0n) is 8.45. The Labute approximate surface area is 84.0 Å². The predicted octanol–water partition coefficient (Wildman–Crippen LogP) is 3.32. The summed E-state index contributed by atoms with van der Waals surface area (Å²) in [6.45, 7) is 8.15. The molecule has 0 unspecified atom stereocenters. The molecular weight excluding hydrogens is 174 g/mol. The highest BCUT2D eigenvalue weighted by atomic mass is 16.1. The summed E-state index contributed by atoms with van der Waals surface area (Å²) in [6, 6.07) is 7.43.